The predicted molar refractivity (Wildman–Crippen MR) is 100 cm³/mol. The molecule has 1 aliphatic rings. The predicted octanol–water partition coefficient (Wildman–Crippen LogP) is 4.73. The molecule has 2 nitrogen and oxygen atoms in total. The SMILES string of the molecule is CN1CCc2cc(Cl)c(OCI)cc2C(c2ccccc2)C1. The molecule has 1 unspecified atom stereocenters. The van der Waals surface area contributed by atoms with Crippen molar-refractivity contribution in [3.8, 4) is 5.75 Å². The number of hydrogen-bond acceptors (Lipinski definition) is 2. The second kappa shape index (κ2) is 7.20. The molecule has 1 aliphatic heterocycles. The molecule has 0 bridgehead atoms. The number of likely N-dealkylation sites (N-methyl/N-ethyl adjacent to an activating group) is 1. The Kier molecular flexibility index (Phi) is 5.26. The van der Waals surface area contributed by atoms with Crippen LogP contribution in [0.3, 0.4) is 0 Å². The van der Waals surface area contributed by atoms with Gasteiger partial charge in [0.15, 0.2) is 0 Å². The number of ether oxygens (including phenoxy) is 1. The smallest absolute Gasteiger partial charge is 0.139 e. The fourth-order valence-electron chi connectivity index (χ4n) is 3.10. The Hall–Kier alpha value is -0.780. The van der Waals surface area contributed by atoms with Gasteiger partial charge in [-0.3, -0.25) is 0 Å². The number of hydrogen-bond donors (Lipinski definition) is 0. The minimum absolute atomic E-state index is 0.359. The van der Waals surface area contributed by atoms with Gasteiger partial charge in [0.1, 0.15) is 10.4 Å². The van der Waals surface area contributed by atoms with Crippen LogP contribution in [-0.2, 0) is 6.42 Å². The molecule has 0 aromatic heterocycles. The fourth-order valence-corrected chi connectivity index (χ4v) is 3.68. The summed E-state index contributed by atoms with van der Waals surface area (Å²) in [6.07, 6.45) is 1.03. The fraction of sp³-hybridized carbons (Fsp3) is 0.333. The number of rotatable bonds is 3. The standard InChI is InChI=1S/C18H19ClINO/c1-21-8-7-14-9-17(19)18(22-12-20)10-15(14)16(11-21)13-5-3-2-4-6-13/h2-6,9-10,16H,7-8,11-12H2,1H3. The van der Waals surface area contributed by atoms with Crippen LogP contribution in [0, 0.1) is 0 Å². The topological polar surface area (TPSA) is 12.5 Å². The summed E-state index contributed by atoms with van der Waals surface area (Å²) in [6, 6.07) is 14.9. The molecule has 0 fully saturated rings. The van der Waals surface area contributed by atoms with Gasteiger partial charge in [0.2, 0.25) is 0 Å². The number of fused-ring (bicyclic) bond motifs is 1. The summed E-state index contributed by atoms with van der Waals surface area (Å²) >= 11 is 8.58. The zero-order chi connectivity index (χ0) is 15.5. The highest BCUT2D eigenvalue weighted by Crippen LogP contribution is 2.37. The van der Waals surface area contributed by atoms with Crippen LogP contribution in [0.2, 0.25) is 5.02 Å². The van der Waals surface area contributed by atoms with Crippen LogP contribution < -0.4 is 4.74 Å². The van der Waals surface area contributed by atoms with Crippen molar-refractivity contribution >= 4 is 34.2 Å². The van der Waals surface area contributed by atoms with Gasteiger partial charge < -0.3 is 9.64 Å². The van der Waals surface area contributed by atoms with Gasteiger partial charge in [-0.05, 0) is 64.9 Å². The molecule has 0 aliphatic carbocycles. The van der Waals surface area contributed by atoms with Crippen LogP contribution >= 0.6 is 34.2 Å². The Morgan fingerprint density at radius 3 is 2.77 bits per heavy atom. The lowest BCUT2D eigenvalue weighted by molar-refractivity contribution is 0.338. The van der Waals surface area contributed by atoms with Gasteiger partial charge >= 0.3 is 0 Å². The van der Waals surface area contributed by atoms with Crippen molar-refractivity contribution in [1.82, 2.24) is 4.90 Å². The first kappa shape index (κ1) is 16.1. The molecule has 0 amide bonds. The Bertz CT molecular complexity index is 647. The number of halogens is 2. The van der Waals surface area contributed by atoms with E-state index >= 15 is 0 Å². The van der Waals surface area contributed by atoms with E-state index in [1.54, 1.807) is 0 Å². The van der Waals surface area contributed by atoms with Crippen molar-refractivity contribution < 1.29 is 4.74 Å². The number of benzene rings is 2. The average molecular weight is 428 g/mol. The van der Waals surface area contributed by atoms with Gasteiger partial charge in [0.25, 0.3) is 0 Å². The van der Waals surface area contributed by atoms with Crippen molar-refractivity contribution in [2.24, 2.45) is 0 Å². The molecule has 2 aromatic carbocycles. The van der Waals surface area contributed by atoms with Gasteiger partial charge in [-0.25, -0.2) is 0 Å². The van der Waals surface area contributed by atoms with E-state index in [2.05, 4.69) is 77.0 Å². The monoisotopic (exact) mass is 427 g/mol. The van der Waals surface area contributed by atoms with Crippen molar-refractivity contribution in [2.45, 2.75) is 12.3 Å². The summed E-state index contributed by atoms with van der Waals surface area (Å²) in [5.41, 5.74) is 4.03. The highest BCUT2D eigenvalue weighted by Gasteiger charge is 2.24. The van der Waals surface area contributed by atoms with Gasteiger partial charge in [-0.1, -0.05) is 41.9 Å². The molecule has 0 radical (unpaired) electrons. The van der Waals surface area contributed by atoms with Crippen LogP contribution in [0.15, 0.2) is 42.5 Å². The van der Waals surface area contributed by atoms with Crippen LogP contribution in [0.5, 0.6) is 5.75 Å². The quantitative estimate of drug-likeness (QED) is 0.519. The maximum absolute atomic E-state index is 6.38. The summed E-state index contributed by atoms with van der Waals surface area (Å²) < 4.78 is 6.30. The van der Waals surface area contributed by atoms with Crippen molar-refractivity contribution in [2.75, 3.05) is 24.8 Å². The van der Waals surface area contributed by atoms with Crippen LogP contribution in [-0.4, -0.2) is 29.7 Å². The normalized spacial score (nSPS) is 18.6. The third-order valence-electron chi connectivity index (χ3n) is 4.24. The lowest BCUT2D eigenvalue weighted by atomic mass is 9.88. The lowest BCUT2D eigenvalue weighted by Crippen LogP contribution is -2.24. The molecule has 116 valence electrons. The molecule has 22 heavy (non-hydrogen) atoms. The Labute approximate surface area is 150 Å². The minimum Gasteiger partial charge on any atom is -0.482 e. The van der Waals surface area contributed by atoms with Crippen LogP contribution in [0.25, 0.3) is 0 Å². The molecule has 0 N–H and O–H groups in total. The maximum atomic E-state index is 6.38. The van der Waals surface area contributed by atoms with E-state index in [1.807, 2.05) is 0 Å². The number of nitrogens with zero attached hydrogens (tertiary/aromatic N) is 1. The Morgan fingerprint density at radius 2 is 2.05 bits per heavy atom. The highest BCUT2D eigenvalue weighted by atomic mass is 127. The Morgan fingerprint density at radius 1 is 1.27 bits per heavy atom. The Balaban J connectivity index is 2.09. The zero-order valence-electron chi connectivity index (χ0n) is 12.6. The first-order valence-electron chi connectivity index (χ1n) is 7.43. The summed E-state index contributed by atoms with van der Waals surface area (Å²) in [4.78, 5) is 2.39. The van der Waals surface area contributed by atoms with E-state index in [1.165, 1.54) is 16.7 Å². The molecule has 2 aromatic rings. The van der Waals surface area contributed by atoms with Crippen molar-refractivity contribution in [3.63, 3.8) is 0 Å². The van der Waals surface area contributed by atoms with Gasteiger partial charge in [0, 0.05) is 19.0 Å². The summed E-state index contributed by atoms with van der Waals surface area (Å²) in [5.74, 6) is 1.15. The summed E-state index contributed by atoms with van der Waals surface area (Å²) in [7, 11) is 2.19. The summed E-state index contributed by atoms with van der Waals surface area (Å²) in [6.45, 7) is 2.07. The highest BCUT2D eigenvalue weighted by molar-refractivity contribution is 14.1. The minimum atomic E-state index is 0.359. The third-order valence-corrected chi connectivity index (χ3v) is 4.85. The average Bonchev–Trinajstić information content (AvgIpc) is 2.69. The maximum Gasteiger partial charge on any atom is 0.139 e. The molecular formula is C18H19ClINO. The lowest BCUT2D eigenvalue weighted by Gasteiger charge is -2.22. The first-order chi connectivity index (χ1) is 10.7. The van der Waals surface area contributed by atoms with E-state index in [0.29, 0.717) is 15.6 Å². The second-order valence-electron chi connectivity index (χ2n) is 5.71. The molecule has 3 rings (SSSR count). The second-order valence-corrected chi connectivity index (χ2v) is 6.74. The molecule has 0 saturated heterocycles. The van der Waals surface area contributed by atoms with E-state index < -0.39 is 0 Å². The largest absolute Gasteiger partial charge is 0.482 e. The van der Waals surface area contributed by atoms with Crippen LogP contribution in [0.1, 0.15) is 22.6 Å². The number of alkyl halides is 1. The molecule has 0 spiro atoms. The molecule has 1 heterocycles. The molecular weight excluding hydrogens is 409 g/mol. The van der Waals surface area contributed by atoms with Crippen LogP contribution in [0.4, 0.5) is 0 Å². The van der Waals surface area contributed by atoms with E-state index in [0.717, 1.165) is 25.3 Å². The first-order valence-corrected chi connectivity index (χ1v) is 9.34. The third kappa shape index (κ3) is 3.42. The van der Waals surface area contributed by atoms with Crippen molar-refractivity contribution in [1.29, 1.82) is 0 Å². The van der Waals surface area contributed by atoms with Crippen molar-refractivity contribution in [3.05, 3.63) is 64.2 Å². The van der Waals surface area contributed by atoms with E-state index in [9.17, 15) is 0 Å². The molecule has 4 heteroatoms. The van der Waals surface area contributed by atoms with Gasteiger partial charge in [-0.2, -0.15) is 0 Å². The van der Waals surface area contributed by atoms with E-state index in [-0.39, 0.29) is 0 Å². The van der Waals surface area contributed by atoms with E-state index in [4.69, 9.17) is 16.3 Å². The zero-order valence-corrected chi connectivity index (χ0v) is 15.5. The van der Waals surface area contributed by atoms with Gasteiger partial charge in [0.05, 0.1) is 5.02 Å². The summed E-state index contributed by atoms with van der Waals surface area (Å²) in [5, 5.41) is 0.715. The van der Waals surface area contributed by atoms with Gasteiger partial charge in [-0.15, -0.1) is 0 Å². The molecule has 0 saturated carbocycles. The molecule has 1 atom stereocenters.